The van der Waals surface area contributed by atoms with E-state index in [0.717, 1.165) is 23.0 Å². The Morgan fingerprint density at radius 2 is 0.667 bits per heavy atom. The summed E-state index contributed by atoms with van der Waals surface area (Å²) in [6, 6.07) is 0. The van der Waals surface area contributed by atoms with Crippen LogP contribution in [0.25, 0.3) is 0 Å². The van der Waals surface area contributed by atoms with Crippen LogP contribution in [0.1, 0.15) is 12.8 Å². The highest BCUT2D eigenvalue weighted by atomic mass is 32.2. The summed E-state index contributed by atoms with van der Waals surface area (Å²) >= 11 is 17.3. The fourth-order valence-corrected chi connectivity index (χ4v) is 1.96. The van der Waals surface area contributed by atoms with Crippen molar-refractivity contribution in [3.8, 4) is 0 Å². The van der Waals surface area contributed by atoms with Gasteiger partial charge in [-0.1, -0.05) is 0 Å². The molecule has 8 N–H and O–H groups in total. The normalized spacial score (nSPS) is 8.44. The first kappa shape index (κ1) is 48.8. The predicted octanol–water partition coefficient (Wildman–Crippen LogP) is 0.192. The van der Waals surface area contributed by atoms with Crippen LogP contribution in [0.5, 0.6) is 0 Å². The van der Waals surface area contributed by atoms with E-state index in [1.165, 1.54) is 0 Å². The molecule has 0 aromatic rings. The van der Waals surface area contributed by atoms with Crippen molar-refractivity contribution in [1.82, 2.24) is 0 Å². The van der Waals surface area contributed by atoms with Crippen molar-refractivity contribution in [2.45, 2.75) is 12.8 Å². The van der Waals surface area contributed by atoms with Crippen molar-refractivity contribution >= 4 is 97.9 Å². The Kier molecular flexibility index (Phi) is 69.8. The number of carboxylic acids is 4. The Balaban J connectivity index is -0.0000000754. The third-order valence-electron chi connectivity index (χ3n) is 1.86. The van der Waals surface area contributed by atoms with Gasteiger partial charge in [-0.3, -0.25) is 19.2 Å². The van der Waals surface area contributed by atoms with Gasteiger partial charge in [0, 0.05) is 34.5 Å². The highest BCUT2D eigenvalue weighted by Crippen LogP contribution is 1.95. The Morgan fingerprint density at radius 1 is 0.472 bits per heavy atom. The minimum atomic E-state index is -0.881. The molecule has 0 heterocycles. The van der Waals surface area contributed by atoms with Crippen LogP contribution in [0.2, 0.25) is 0 Å². The van der Waals surface area contributed by atoms with Crippen LogP contribution >= 0.6 is 74.0 Å². The van der Waals surface area contributed by atoms with Gasteiger partial charge in [0.15, 0.2) is 0 Å². The van der Waals surface area contributed by atoms with Gasteiger partial charge in [0.2, 0.25) is 0 Å². The molecule has 12 nitrogen and oxygen atoms in total. The van der Waals surface area contributed by atoms with Gasteiger partial charge in [-0.25, -0.2) is 0 Å². The topological polar surface area (TPSA) is 230 Å². The van der Waals surface area contributed by atoms with Crippen LogP contribution < -0.4 is 0 Å². The molecule has 0 aromatic carbocycles. The molecule has 0 atom stereocenters. The lowest BCUT2D eigenvalue weighted by Gasteiger charge is -1.90. The number of hydrogen-bond acceptors (Lipinski definition) is 14. The Morgan fingerprint density at radius 3 is 0.722 bits per heavy atom. The molecular weight excluding hydrogens is 601 g/mol. The molecule has 0 aliphatic heterocycles. The van der Waals surface area contributed by atoms with Crippen LogP contribution in [0.4, 0.5) is 0 Å². The monoisotopic (exact) mass is 640 g/mol. The van der Waals surface area contributed by atoms with Crippen molar-refractivity contribution in [3.05, 3.63) is 0 Å². The first-order valence-corrected chi connectivity index (χ1v) is 14.6. The number of hydrogen-bond donors (Lipinski definition) is 12. The summed E-state index contributed by atoms with van der Waals surface area (Å²) < 4.78 is 0. The van der Waals surface area contributed by atoms with Crippen LogP contribution in [0, 0.1) is 0 Å². The van der Waals surface area contributed by atoms with Gasteiger partial charge in [0.25, 0.3) is 0 Å². The highest BCUT2D eigenvalue weighted by Gasteiger charge is 1.88. The van der Waals surface area contributed by atoms with Crippen LogP contribution in [-0.2, 0) is 19.2 Å². The van der Waals surface area contributed by atoms with Crippen molar-refractivity contribution in [1.29, 1.82) is 0 Å². The molecule has 0 spiro atoms. The molecule has 0 bridgehead atoms. The molecule has 36 heavy (non-hydrogen) atoms. The molecule has 0 saturated carbocycles. The lowest BCUT2D eigenvalue weighted by Crippen LogP contribution is -1.93. The summed E-state index contributed by atoms with van der Waals surface area (Å²) in [7, 11) is 0. The quantitative estimate of drug-likeness (QED) is 0.0899. The average molecular weight is 641 g/mol. The van der Waals surface area contributed by atoms with E-state index in [0.29, 0.717) is 11.5 Å². The van der Waals surface area contributed by atoms with E-state index in [1.807, 2.05) is 0 Å². The van der Waals surface area contributed by atoms with Crippen LogP contribution in [-0.4, -0.2) is 137 Å². The van der Waals surface area contributed by atoms with E-state index >= 15 is 0 Å². The summed E-state index contributed by atoms with van der Waals surface area (Å²) in [6.45, 7) is 0.852. The van der Waals surface area contributed by atoms with Crippen molar-refractivity contribution in [2.24, 2.45) is 0 Å². The van der Waals surface area contributed by atoms with Gasteiger partial charge < -0.3 is 40.9 Å². The third kappa shape index (κ3) is 115. The zero-order valence-corrected chi connectivity index (χ0v) is 24.9. The molecule has 0 fully saturated rings. The van der Waals surface area contributed by atoms with E-state index in [-0.39, 0.29) is 50.8 Å². The molecule has 0 amide bonds. The standard InChI is InChI=1S/2C4H10O2S.2C3H6O2S.2C2H4O2S/c2*5-1-3-7-4-2-6;2*4-3(5)1-2-6;2*3-2(4)1-5/h2*5-6H,1-4H2;2*6H,1-2H2,(H,4,5);2*5H,1H2,(H,3,4). The number of aliphatic hydroxyl groups excluding tert-OH is 4. The second-order valence-electron chi connectivity index (χ2n) is 4.96. The van der Waals surface area contributed by atoms with Gasteiger partial charge in [0.05, 0.1) is 50.8 Å². The van der Waals surface area contributed by atoms with Crippen LogP contribution in [0.3, 0.4) is 0 Å². The third-order valence-corrected chi connectivity index (χ3v) is 4.74. The van der Waals surface area contributed by atoms with E-state index in [9.17, 15) is 19.2 Å². The maximum Gasteiger partial charge on any atom is 0.313 e. The van der Waals surface area contributed by atoms with E-state index in [4.69, 9.17) is 40.9 Å². The first-order chi connectivity index (χ1) is 16.9. The fraction of sp³-hybridized carbons (Fsp3) is 0.778. The molecular formula is C18H40O12S6. The Bertz CT molecular complexity index is 414. The van der Waals surface area contributed by atoms with Gasteiger partial charge in [-0.15, -0.1) is 0 Å². The molecule has 0 unspecified atom stereocenters. The number of aliphatic carboxylic acids is 4. The zero-order valence-electron chi connectivity index (χ0n) is 19.7. The van der Waals surface area contributed by atoms with E-state index in [2.05, 4.69) is 50.5 Å². The molecule has 0 rings (SSSR count). The molecule has 220 valence electrons. The van der Waals surface area contributed by atoms with Crippen molar-refractivity contribution in [3.63, 3.8) is 0 Å². The summed E-state index contributed by atoms with van der Waals surface area (Å²) in [5.41, 5.74) is 0. The largest absolute Gasteiger partial charge is 0.481 e. The molecule has 0 radical (unpaired) electrons. The molecule has 0 aromatic heterocycles. The minimum absolute atomic E-state index is 0.0833. The number of rotatable bonds is 14. The number of thioether (sulfide) groups is 2. The predicted molar refractivity (Wildman–Crippen MR) is 158 cm³/mol. The second kappa shape index (κ2) is 51.5. The number of aliphatic hydroxyl groups is 4. The van der Waals surface area contributed by atoms with Gasteiger partial charge in [0.1, 0.15) is 0 Å². The number of carboxylic acid groups (broad SMARTS) is 4. The van der Waals surface area contributed by atoms with Crippen molar-refractivity contribution in [2.75, 3.05) is 72.5 Å². The lowest BCUT2D eigenvalue weighted by molar-refractivity contribution is -0.137. The fourth-order valence-electron chi connectivity index (χ4n) is 0.654. The molecule has 0 saturated heterocycles. The molecule has 18 heteroatoms. The van der Waals surface area contributed by atoms with E-state index < -0.39 is 23.9 Å². The first-order valence-electron chi connectivity index (χ1n) is 9.81. The zero-order chi connectivity index (χ0) is 29.6. The SMILES string of the molecule is O=C(O)CCS.O=C(O)CCS.O=C(O)CS.O=C(O)CS.OCCSCCO.OCCSCCO. The Labute approximate surface area is 242 Å². The second-order valence-corrected chi connectivity index (χ2v) is 8.93. The Hall–Kier alpha value is -0.180. The van der Waals surface area contributed by atoms with Crippen LogP contribution in [0.15, 0.2) is 0 Å². The number of thiol groups is 4. The smallest absolute Gasteiger partial charge is 0.313 e. The summed E-state index contributed by atoms with van der Waals surface area (Å²) in [5, 5.41) is 63.8. The minimum Gasteiger partial charge on any atom is -0.481 e. The summed E-state index contributed by atoms with van der Waals surface area (Å²) in [5.74, 6) is 0.295. The lowest BCUT2D eigenvalue weighted by atomic mass is 10.5. The maximum absolute atomic E-state index is 9.55. The number of carbonyl (C=O) groups is 4. The van der Waals surface area contributed by atoms with Gasteiger partial charge >= 0.3 is 23.9 Å². The summed E-state index contributed by atoms with van der Waals surface area (Å²) in [6.07, 6.45) is 0.312. The highest BCUT2D eigenvalue weighted by molar-refractivity contribution is 7.99. The van der Waals surface area contributed by atoms with Gasteiger partial charge in [-0.2, -0.15) is 74.0 Å². The average Bonchev–Trinajstić information content (AvgIpc) is 2.81. The molecule has 0 aliphatic rings. The van der Waals surface area contributed by atoms with Crippen molar-refractivity contribution < 1.29 is 60.0 Å². The summed E-state index contributed by atoms with van der Waals surface area (Å²) in [4.78, 5) is 37.7. The maximum atomic E-state index is 9.55. The molecule has 0 aliphatic carbocycles. The van der Waals surface area contributed by atoms with E-state index in [1.54, 1.807) is 23.5 Å². The van der Waals surface area contributed by atoms with Gasteiger partial charge in [-0.05, 0) is 0 Å².